The van der Waals surface area contributed by atoms with Crippen LogP contribution in [-0.4, -0.2) is 41.9 Å². The third-order valence-corrected chi connectivity index (χ3v) is 3.01. The van der Waals surface area contributed by atoms with E-state index in [0.717, 1.165) is 19.4 Å². The fraction of sp³-hybridized carbons (Fsp3) is 0.800. The van der Waals surface area contributed by atoms with E-state index >= 15 is 0 Å². The Morgan fingerprint density at radius 2 is 2.00 bits per heavy atom. The summed E-state index contributed by atoms with van der Waals surface area (Å²) in [6, 6.07) is -0.806. The number of rotatable bonds is 3. The maximum absolute atomic E-state index is 11.6. The van der Waals surface area contributed by atoms with Gasteiger partial charge in [0.05, 0.1) is 0 Å². The van der Waals surface area contributed by atoms with Crippen LogP contribution in [0.25, 0.3) is 0 Å². The first-order valence-corrected chi connectivity index (χ1v) is 5.59. The SMILES string of the molecule is O=C(O)[C@@H]1CCC(OC(=O)[C@@H]2CCCN2)N1. The van der Waals surface area contributed by atoms with Crippen molar-refractivity contribution in [3.63, 3.8) is 0 Å². The zero-order chi connectivity index (χ0) is 11.5. The number of carboxylic acid groups (broad SMARTS) is 1. The lowest BCUT2D eigenvalue weighted by atomic mass is 10.2. The van der Waals surface area contributed by atoms with Crippen molar-refractivity contribution >= 4 is 11.9 Å². The standard InChI is InChI=1S/C10H16N2O4/c13-9(14)6-3-4-8(12-6)16-10(15)7-2-1-5-11-7/h6-8,11-12H,1-5H2,(H,13,14)/t6-,7-,8?/m0/s1. The lowest BCUT2D eigenvalue weighted by Crippen LogP contribution is -2.41. The first-order chi connectivity index (χ1) is 7.66. The highest BCUT2D eigenvalue weighted by molar-refractivity contribution is 5.77. The number of hydrogen-bond acceptors (Lipinski definition) is 5. The molecule has 2 aliphatic heterocycles. The monoisotopic (exact) mass is 228 g/mol. The molecule has 2 fully saturated rings. The maximum Gasteiger partial charge on any atom is 0.324 e. The third-order valence-electron chi connectivity index (χ3n) is 3.01. The van der Waals surface area contributed by atoms with Gasteiger partial charge in [-0.3, -0.25) is 14.9 Å². The molecule has 6 heteroatoms. The van der Waals surface area contributed by atoms with E-state index in [-0.39, 0.29) is 12.0 Å². The van der Waals surface area contributed by atoms with Gasteiger partial charge in [-0.15, -0.1) is 0 Å². The minimum Gasteiger partial charge on any atom is -0.480 e. The molecule has 0 bridgehead atoms. The Hall–Kier alpha value is -1.14. The summed E-state index contributed by atoms with van der Waals surface area (Å²) in [4.78, 5) is 22.3. The van der Waals surface area contributed by atoms with Gasteiger partial charge in [0.25, 0.3) is 0 Å². The molecule has 0 amide bonds. The van der Waals surface area contributed by atoms with Crippen molar-refractivity contribution < 1.29 is 19.4 Å². The fourth-order valence-electron chi connectivity index (χ4n) is 2.10. The fourth-order valence-corrected chi connectivity index (χ4v) is 2.10. The quantitative estimate of drug-likeness (QED) is 0.561. The van der Waals surface area contributed by atoms with Crippen LogP contribution in [0.2, 0.25) is 0 Å². The largest absolute Gasteiger partial charge is 0.480 e. The van der Waals surface area contributed by atoms with E-state index in [2.05, 4.69) is 10.6 Å². The van der Waals surface area contributed by atoms with Crippen molar-refractivity contribution in [1.82, 2.24) is 10.6 Å². The Morgan fingerprint density at radius 3 is 2.56 bits per heavy atom. The van der Waals surface area contributed by atoms with Gasteiger partial charge in [-0.1, -0.05) is 0 Å². The summed E-state index contributed by atoms with van der Waals surface area (Å²) in [5.74, 6) is -1.17. The predicted molar refractivity (Wildman–Crippen MR) is 54.7 cm³/mol. The lowest BCUT2D eigenvalue weighted by molar-refractivity contribution is -0.153. The molecule has 2 rings (SSSR count). The number of aliphatic carboxylic acids is 1. The molecule has 3 atom stereocenters. The molecule has 1 unspecified atom stereocenters. The predicted octanol–water partition coefficient (Wildman–Crippen LogP) is -0.556. The summed E-state index contributed by atoms with van der Waals surface area (Å²) < 4.78 is 5.20. The Labute approximate surface area is 93.3 Å². The Kier molecular flexibility index (Phi) is 3.40. The van der Waals surface area contributed by atoms with E-state index in [1.54, 1.807) is 0 Å². The summed E-state index contributed by atoms with van der Waals surface area (Å²) in [6.07, 6.45) is 2.40. The first-order valence-electron chi connectivity index (χ1n) is 5.59. The summed E-state index contributed by atoms with van der Waals surface area (Å²) in [7, 11) is 0. The van der Waals surface area contributed by atoms with E-state index in [9.17, 15) is 9.59 Å². The van der Waals surface area contributed by atoms with Gasteiger partial charge in [0.15, 0.2) is 6.23 Å². The molecular weight excluding hydrogens is 212 g/mol. The highest BCUT2D eigenvalue weighted by Gasteiger charge is 2.33. The normalized spacial score (nSPS) is 33.9. The molecule has 0 aliphatic carbocycles. The number of ether oxygens (including phenoxy) is 1. The van der Waals surface area contributed by atoms with Gasteiger partial charge in [-0.05, 0) is 25.8 Å². The van der Waals surface area contributed by atoms with E-state index in [4.69, 9.17) is 9.84 Å². The molecule has 2 aliphatic rings. The minimum absolute atomic E-state index is 0.217. The highest BCUT2D eigenvalue weighted by atomic mass is 16.6. The molecule has 0 aromatic heterocycles. The Balaban J connectivity index is 1.78. The third kappa shape index (κ3) is 2.51. The van der Waals surface area contributed by atoms with Crippen LogP contribution in [0, 0.1) is 0 Å². The summed E-state index contributed by atoms with van der Waals surface area (Å²) in [5.41, 5.74) is 0. The number of hydrogen-bond donors (Lipinski definition) is 3. The van der Waals surface area contributed by atoms with Crippen LogP contribution < -0.4 is 10.6 Å². The highest BCUT2D eigenvalue weighted by Crippen LogP contribution is 2.15. The zero-order valence-electron chi connectivity index (χ0n) is 8.94. The number of nitrogens with one attached hydrogen (secondary N) is 2. The van der Waals surface area contributed by atoms with Crippen molar-refractivity contribution in [2.24, 2.45) is 0 Å². The number of carbonyl (C=O) groups is 2. The van der Waals surface area contributed by atoms with E-state index in [0.29, 0.717) is 12.8 Å². The molecule has 6 nitrogen and oxygen atoms in total. The van der Waals surface area contributed by atoms with Crippen LogP contribution in [0.5, 0.6) is 0 Å². The molecule has 90 valence electrons. The molecule has 0 aromatic carbocycles. The summed E-state index contributed by atoms with van der Waals surface area (Å²) >= 11 is 0. The Bertz CT molecular complexity index is 289. The smallest absolute Gasteiger partial charge is 0.324 e. The number of carboxylic acids is 1. The van der Waals surface area contributed by atoms with Crippen LogP contribution in [0.15, 0.2) is 0 Å². The van der Waals surface area contributed by atoms with E-state index < -0.39 is 18.2 Å². The number of carbonyl (C=O) groups excluding carboxylic acids is 1. The van der Waals surface area contributed by atoms with Gasteiger partial charge >= 0.3 is 11.9 Å². The molecular formula is C10H16N2O4. The molecule has 0 saturated carbocycles. The van der Waals surface area contributed by atoms with E-state index in [1.165, 1.54) is 0 Å². The van der Waals surface area contributed by atoms with Crippen LogP contribution in [0.3, 0.4) is 0 Å². The van der Waals surface area contributed by atoms with E-state index in [1.807, 2.05) is 0 Å². The molecule has 3 N–H and O–H groups in total. The summed E-state index contributed by atoms with van der Waals surface area (Å²) in [5, 5.41) is 14.6. The molecule has 2 heterocycles. The van der Waals surface area contributed by atoms with Crippen LogP contribution >= 0.6 is 0 Å². The molecule has 0 radical (unpaired) electrons. The van der Waals surface area contributed by atoms with Crippen molar-refractivity contribution in [2.45, 2.75) is 44.0 Å². The second-order valence-corrected chi connectivity index (χ2v) is 4.21. The average molecular weight is 228 g/mol. The lowest BCUT2D eigenvalue weighted by Gasteiger charge is -2.16. The van der Waals surface area contributed by atoms with Crippen molar-refractivity contribution in [2.75, 3.05) is 6.54 Å². The first kappa shape index (κ1) is 11.3. The number of esters is 1. The van der Waals surface area contributed by atoms with Gasteiger partial charge in [0, 0.05) is 6.42 Å². The van der Waals surface area contributed by atoms with Crippen LogP contribution in [-0.2, 0) is 14.3 Å². The molecule has 0 aromatic rings. The Morgan fingerprint density at radius 1 is 1.19 bits per heavy atom. The van der Waals surface area contributed by atoms with Gasteiger partial charge < -0.3 is 15.2 Å². The van der Waals surface area contributed by atoms with Crippen molar-refractivity contribution in [3.8, 4) is 0 Å². The second kappa shape index (κ2) is 4.80. The van der Waals surface area contributed by atoms with Crippen LogP contribution in [0.1, 0.15) is 25.7 Å². The van der Waals surface area contributed by atoms with Gasteiger partial charge in [0.2, 0.25) is 0 Å². The zero-order valence-corrected chi connectivity index (χ0v) is 8.94. The minimum atomic E-state index is -0.891. The van der Waals surface area contributed by atoms with Gasteiger partial charge in [0.1, 0.15) is 12.1 Å². The molecule has 0 spiro atoms. The maximum atomic E-state index is 11.6. The van der Waals surface area contributed by atoms with Crippen LogP contribution in [0.4, 0.5) is 0 Å². The van der Waals surface area contributed by atoms with Crippen molar-refractivity contribution in [1.29, 1.82) is 0 Å². The molecule has 2 saturated heterocycles. The topological polar surface area (TPSA) is 87.7 Å². The summed E-state index contributed by atoms with van der Waals surface area (Å²) in [6.45, 7) is 0.843. The average Bonchev–Trinajstić information content (AvgIpc) is 2.87. The van der Waals surface area contributed by atoms with Crippen molar-refractivity contribution in [3.05, 3.63) is 0 Å². The van der Waals surface area contributed by atoms with Gasteiger partial charge in [-0.2, -0.15) is 0 Å². The second-order valence-electron chi connectivity index (χ2n) is 4.21. The molecule has 16 heavy (non-hydrogen) atoms. The van der Waals surface area contributed by atoms with Gasteiger partial charge in [-0.25, -0.2) is 0 Å².